The van der Waals surface area contributed by atoms with Gasteiger partial charge in [-0.15, -0.1) is 0 Å². The Morgan fingerprint density at radius 3 is 1.96 bits per heavy atom. The third-order valence-electron chi connectivity index (χ3n) is 17.5. The van der Waals surface area contributed by atoms with Gasteiger partial charge in [-0.3, -0.25) is 0 Å². The summed E-state index contributed by atoms with van der Waals surface area (Å²) in [5.74, 6) is 1.10. The number of aliphatic hydroxyl groups is 10. The van der Waals surface area contributed by atoms with E-state index in [0.29, 0.717) is 18.3 Å². The number of hydrogen-bond donors (Lipinski definition) is 10. The van der Waals surface area contributed by atoms with Gasteiger partial charge in [0.15, 0.2) is 12.6 Å². The summed E-state index contributed by atoms with van der Waals surface area (Å²) in [6.45, 7) is 10.4. The normalized spacial score (nSPS) is 53.1. The van der Waals surface area contributed by atoms with Crippen molar-refractivity contribution in [2.45, 2.75) is 172 Å². The molecule has 56 heavy (non-hydrogen) atoms. The van der Waals surface area contributed by atoms with Gasteiger partial charge in [0.25, 0.3) is 0 Å². The summed E-state index contributed by atoms with van der Waals surface area (Å²) in [5.41, 5.74) is 0.413. The maximum Gasteiger partial charge on any atom is 0.187 e. The molecule has 0 aromatic rings. The molecule has 2 saturated heterocycles. The van der Waals surface area contributed by atoms with Crippen LogP contribution >= 0.6 is 0 Å². The van der Waals surface area contributed by atoms with Crippen LogP contribution in [-0.2, 0) is 18.9 Å². The van der Waals surface area contributed by atoms with Gasteiger partial charge in [-0.1, -0.05) is 39.3 Å². The lowest BCUT2D eigenvalue weighted by atomic mass is 9.41. The minimum atomic E-state index is -1.53. The van der Waals surface area contributed by atoms with Crippen LogP contribution < -0.4 is 0 Å². The molecule has 7 aliphatic rings. The zero-order chi connectivity index (χ0) is 40.7. The van der Waals surface area contributed by atoms with E-state index in [-0.39, 0.29) is 52.1 Å². The first-order valence-corrected chi connectivity index (χ1v) is 21.2. The van der Waals surface area contributed by atoms with Crippen LogP contribution in [-0.4, -0.2) is 151 Å². The van der Waals surface area contributed by atoms with E-state index in [4.69, 9.17) is 18.9 Å². The molecule has 2 heterocycles. The highest BCUT2D eigenvalue weighted by molar-refractivity contribution is 5.33. The van der Waals surface area contributed by atoms with Crippen molar-refractivity contribution in [2.24, 2.45) is 50.7 Å². The molecule has 0 aromatic carbocycles. The predicted molar refractivity (Wildman–Crippen MR) is 200 cm³/mol. The summed E-state index contributed by atoms with van der Waals surface area (Å²) in [6, 6.07) is 0. The zero-order valence-corrected chi connectivity index (χ0v) is 33.8. The lowest BCUT2D eigenvalue weighted by Gasteiger charge is -2.64. The van der Waals surface area contributed by atoms with Crippen LogP contribution in [0.1, 0.15) is 98.8 Å². The highest BCUT2D eigenvalue weighted by Crippen LogP contribution is 2.89. The molecule has 10 N–H and O–H groups in total. The lowest BCUT2D eigenvalue weighted by molar-refractivity contribution is -0.331. The van der Waals surface area contributed by atoms with Crippen molar-refractivity contribution in [3.8, 4) is 0 Å². The number of aliphatic hydroxyl groups excluding tert-OH is 10. The highest BCUT2D eigenvalue weighted by Gasteiger charge is 2.84. The molecule has 7 rings (SSSR count). The molecule has 2 spiro atoms. The van der Waals surface area contributed by atoms with E-state index in [2.05, 4.69) is 33.8 Å². The summed E-state index contributed by atoms with van der Waals surface area (Å²) in [5, 5.41) is 104. The van der Waals surface area contributed by atoms with Gasteiger partial charge in [0.2, 0.25) is 0 Å². The van der Waals surface area contributed by atoms with Gasteiger partial charge >= 0.3 is 0 Å². The van der Waals surface area contributed by atoms with Crippen LogP contribution in [0.25, 0.3) is 0 Å². The fraction of sp³-hybridized carbons (Fsp3) is 0.952. The summed E-state index contributed by atoms with van der Waals surface area (Å²) in [4.78, 5) is 0. The topological polar surface area (TPSA) is 239 Å². The van der Waals surface area contributed by atoms with Gasteiger partial charge in [0, 0.05) is 18.4 Å². The Morgan fingerprint density at radius 2 is 1.34 bits per heavy atom. The number of ether oxygens (including phenoxy) is 4. The molecule has 322 valence electrons. The molecule has 2 aliphatic heterocycles. The maximum absolute atomic E-state index is 12.2. The first kappa shape index (κ1) is 43.3. The van der Waals surface area contributed by atoms with Crippen molar-refractivity contribution in [2.75, 3.05) is 26.4 Å². The number of fused-ring (bicyclic) bond motifs is 2. The van der Waals surface area contributed by atoms with Crippen molar-refractivity contribution >= 4 is 0 Å². The summed E-state index contributed by atoms with van der Waals surface area (Å²) < 4.78 is 23.4. The van der Waals surface area contributed by atoms with Crippen LogP contribution in [0.3, 0.4) is 0 Å². The lowest BCUT2D eigenvalue weighted by Crippen LogP contribution is -2.64. The molecular weight excluding hydrogens is 728 g/mol. The highest BCUT2D eigenvalue weighted by atomic mass is 16.7. The molecule has 0 bridgehead atoms. The molecule has 14 heteroatoms. The summed E-state index contributed by atoms with van der Waals surface area (Å²) >= 11 is 0. The molecule has 14 nitrogen and oxygen atoms in total. The van der Waals surface area contributed by atoms with Crippen molar-refractivity contribution < 1.29 is 70.0 Å². The molecule has 20 unspecified atom stereocenters. The van der Waals surface area contributed by atoms with Crippen molar-refractivity contribution in [3.63, 3.8) is 0 Å². The van der Waals surface area contributed by atoms with Gasteiger partial charge < -0.3 is 70.0 Å². The molecule has 0 amide bonds. The Morgan fingerprint density at radius 1 is 0.732 bits per heavy atom. The molecule has 20 atom stereocenters. The second-order valence-corrected chi connectivity index (χ2v) is 20.0. The van der Waals surface area contributed by atoms with Gasteiger partial charge in [-0.25, -0.2) is 0 Å². The van der Waals surface area contributed by atoms with E-state index >= 15 is 0 Å². The number of rotatable bonds is 12. The molecule has 7 fully saturated rings. The standard InChI is InChI=1S/C42H70O14/c1-21(19-53-36-34(51)32(49)30(47)24(17-44)54-36)7-6-8-22(16-43)23-11-12-40(5)27-10-9-26-38(2,3)29(56-37-35(52)33(50)31(48)25(18-45)55-37)15-28(46)42(26)20-41(27,42)14-13-39(23,40)4/h7,22-37,43-52H,6,8-20H2,1-5H3/b21-7-. The van der Waals surface area contributed by atoms with Gasteiger partial charge in [0.1, 0.15) is 48.8 Å². The van der Waals surface area contributed by atoms with E-state index in [1.165, 1.54) is 0 Å². The van der Waals surface area contributed by atoms with Crippen molar-refractivity contribution in [1.29, 1.82) is 0 Å². The second-order valence-electron chi connectivity index (χ2n) is 20.0. The summed E-state index contributed by atoms with van der Waals surface area (Å²) in [7, 11) is 0. The Bertz CT molecular complexity index is 1430. The molecule has 5 saturated carbocycles. The fourth-order valence-corrected chi connectivity index (χ4v) is 14.1. The van der Waals surface area contributed by atoms with Gasteiger partial charge in [0.05, 0.1) is 32.0 Å². The van der Waals surface area contributed by atoms with Crippen LogP contribution in [0.4, 0.5) is 0 Å². The smallest absolute Gasteiger partial charge is 0.187 e. The predicted octanol–water partition coefficient (Wildman–Crippen LogP) is 0.733. The quantitative estimate of drug-likeness (QED) is 0.0969. The minimum absolute atomic E-state index is 0.0272. The third-order valence-corrected chi connectivity index (χ3v) is 17.5. The third kappa shape index (κ3) is 6.42. The van der Waals surface area contributed by atoms with Gasteiger partial charge in [-0.2, -0.15) is 0 Å². The first-order chi connectivity index (χ1) is 26.4. The van der Waals surface area contributed by atoms with Crippen LogP contribution in [0.5, 0.6) is 0 Å². The van der Waals surface area contributed by atoms with Crippen molar-refractivity contribution in [1.82, 2.24) is 0 Å². The molecule has 0 radical (unpaired) electrons. The van der Waals surface area contributed by atoms with Gasteiger partial charge in [-0.05, 0) is 110 Å². The van der Waals surface area contributed by atoms with E-state index in [1.807, 2.05) is 6.92 Å². The average Bonchev–Trinajstić information content (AvgIpc) is 3.79. The van der Waals surface area contributed by atoms with Crippen LogP contribution in [0.2, 0.25) is 0 Å². The van der Waals surface area contributed by atoms with Crippen LogP contribution in [0, 0.1) is 50.7 Å². The number of allylic oxidation sites excluding steroid dienone is 1. The number of hydrogen-bond acceptors (Lipinski definition) is 14. The van der Waals surface area contributed by atoms with Crippen molar-refractivity contribution in [3.05, 3.63) is 11.6 Å². The molecule has 5 aliphatic carbocycles. The second kappa shape index (κ2) is 15.6. The Labute approximate surface area is 330 Å². The zero-order valence-electron chi connectivity index (χ0n) is 33.8. The molecule has 0 aromatic heterocycles. The SMILES string of the molecule is C/C(=C/CCC(CO)C1CCC2(C)C3CCC4C(C)(C)C(OC5OC(CO)C(O)C(O)C5O)CC(O)C45CC35CCC12C)COC1OC(CO)C(O)C(O)C1O. The van der Waals surface area contributed by atoms with E-state index < -0.39 is 86.8 Å². The Kier molecular flexibility index (Phi) is 12.0. The van der Waals surface area contributed by atoms with E-state index in [9.17, 15) is 51.1 Å². The largest absolute Gasteiger partial charge is 0.396 e. The first-order valence-electron chi connectivity index (χ1n) is 21.2. The minimum Gasteiger partial charge on any atom is -0.396 e. The fourth-order valence-electron chi connectivity index (χ4n) is 14.1. The molecular formula is C42H70O14. The Balaban J connectivity index is 0.999. The van der Waals surface area contributed by atoms with E-state index in [0.717, 1.165) is 63.4 Å². The summed E-state index contributed by atoms with van der Waals surface area (Å²) in [6.07, 6.45) is -3.25. The maximum atomic E-state index is 12.2. The average molecular weight is 799 g/mol. The monoisotopic (exact) mass is 798 g/mol. The van der Waals surface area contributed by atoms with E-state index in [1.54, 1.807) is 0 Å². The Hall–Kier alpha value is -0.820. The van der Waals surface area contributed by atoms with Crippen LogP contribution in [0.15, 0.2) is 11.6 Å².